The van der Waals surface area contributed by atoms with Gasteiger partial charge in [0.15, 0.2) is 0 Å². The summed E-state index contributed by atoms with van der Waals surface area (Å²) in [6.07, 6.45) is 4.20. The van der Waals surface area contributed by atoms with Crippen LogP contribution in [0.3, 0.4) is 0 Å². The van der Waals surface area contributed by atoms with Crippen molar-refractivity contribution in [3.63, 3.8) is 0 Å². The molecule has 0 spiro atoms. The molecule has 0 aliphatic carbocycles. The Bertz CT molecular complexity index is 1150. The van der Waals surface area contributed by atoms with Crippen molar-refractivity contribution >= 4 is 28.4 Å². The molecule has 30 heavy (non-hydrogen) atoms. The summed E-state index contributed by atoms with van der Waals surface area (Å²) >= 11 is 0. The van der Waals surface area contributed by atoms with E-state index in [2.05, 4.69) is 52.5 Å². The summed E-state index contributed by atoms with van der Waals surface area (Å²) in [5, 5.41) is 4.52. The van der Waals surface area contributed by atoms with Crippen LogP contribution in [0.15, 0.2) is 72.9 Å². The van der Waals surface area contributed by atoms with Crippen molar-refractivity contribution in [1.29, 1.82) is 0 Å². The molecule has 5 rings (SSSR count). The van der Waals surface area contributed by atoms with Gasteiger partial charge in [0.05, 0.1) is 16.9 Å². The van der Waals surface area contributed by atoms with E-state index in [0.29, 0.717) is 5.95 Å². The van der Waals surface area contributed by atoms with Crippen LogP contribution in [-0.2, 0) is 0 Å². The number of hydrogen-bond acceptors (Lipinski definition) is 5. The third-order valence-corrected chi connectivity index (χ3v) is 5.77. The van der Waals surface area contributed by atoms with Crippen molar-refractivity contribution in [2.24, 2.45) is 5.92 Å². The maximum Gasteiger partial charge on any atom is 0.229 e. The van der Waals surface area contributed by atoms with E-state index in [4.69, 9.17) is 9.97 Å². The molecule has 0 atom stereocenters. The molecular weight excluding hydrogens is 370 g/mol. The van der Waals surface area contributed by atoms with Gasteiger partial charge in [-0.3, -0.25) is 4.98 Å². The number of anilines is 3. The molecule has 1 N–H and O–H groups in total. The van der Waals surface area contributed by atoms with Gasteiger partial charge >= 0.3 is 0 Å². The maximum absolute atomic E-state index is 4.89. The van der Waals surface area contributed by atoms with Gasteiger partial charge in [0.2, 0.25) is 5.95 Å². The van der Waals surface area contributed by atoms with Crippen LogP contribution in [-0.4, -0.2) is 28.0 Å². The number of nitrogens with one attached hydrogen (secondary N) is 1. The molecule has 3 heterocycles. The van der Waals surface area contributed by atoms with Gasteiger partial charge in [-0.1, -0.05) is 55.5 Å². The smallest absolute Gasteiger partial charge is 0.229 e. The topological polar surface area (TPSA) is 53.9 Å². The van der Waals surface area contributed by atoms with Crippen LogP contribution >= 0.6 is 0 Å². The summed E-state index contributed by atoms with van der Waals surface area (Å²) < 4.78 is 0. The second-order valence-electron chi connectivity index (χ2n) is 7.98. The number of nitrogens with zero attached hydrogens (tertiary/aromatic N) is 4. The Kier molecular flexibility index (Phi) is 5.01. The normalized spacial score (nSPS) is 14.8. The zero-order valence-electron chi connectivity index (χ0n) is 17.1. The summed E-state index contributed by atoms with van der Waals surface area (Å²) in [4.78, 5) is 16.7. The molecule has 0 radical (unpaired) electrons. The standard InChI is InChI=1S/C25H25N5/c1-18-12-15-30(16-13-18)23-17-22(19-7-3-2-4-8-19)28-25(29-23)27-21-11-5-9-20-10-6-14-26-24(20)21/h2-11,14,17-18H,12-13,15-16H2,1H3,(H,27,28,29). The van der Waals surface area contributed by atoms with E-state index in [1.165, 1.54) is 12.8 Å². The summed E-state index contributed by atoms with van der Waals surface area (Å²) in [6.45, 7) is 4.39. The van der Waals surface area contributed by atoms with Crippen molar-refractivity contribution < 1.29 is 0 Å². The number of benzene rings is 2. The SMILES string of the molecule is CC1CCN(c2cc(-c3ccccc3)nc(Nc3cccc4cccnc34)n2)CC1. The fraction of sp³-hybridized carbons (Fsp3) is 0.240. The molecule has 0 unspecified atom stereocenters. The van der Waals surface area contributed by atoms with E-state index in [1.54, 1.807) is 0 Å². The van der Waals surface area contributed by atoms with E-state index in [-0.39, 0.29) is 0 Å². The highest BCUT2D eigenvalue weighted by atomic mass is 15.2. The van der Waals surface area contributed by atoms with Crippen LogP contribution in [0.25, 0.3) is 22.2 Å². The summed E-state index contributed by atoms with van der Waals surface area (Å²) in [6, 6.07) is 22.5. The fourth-order valence-corrected chi connectivity index (χ4v) is 3.97. The Labute approximate surface area is 176 Å². The first-order valence-corrected chi connectivity index (χ1v) is 10.6. The summed E-state index contributed by atoms with van der Waals surface area (Å²) in [5.74, 6) is 2.35. The van der Waals surface area contributed by atoms with Crippen LogP contribution in [0.2, 0.25) is 0 Å². The molecule has 5 nitrogen and oxygen atoms in total. The highest BCUT2D eigenvalue weighted by Gasteiger charge is 2.19. The molecule has 0 saturated carbocycles. The van der Waals surface area contributed by atoms with E-state index in [1.807, 2.05) is 42.6 Å². The van der Waals surface area contributed by atoms with Gasteiger partial charge in [0.25, 0.3) is 0 Å². The number of rotatable bonds is 4. The minimum atomic E-state index is 0.600. The van der Waals surface area contributed by atoms with Crippen LogP contribution < -0.4 is 10.2 Å². The van der Waals surface area contributed by atoms with E-state index >= 15 is 0 Å². The summed E-state index contributed by atoms with van der Waals surface area (Å²) in [5.41, 5.74) is 3.85. The molecular formula is C25H25N5. The lowest BCUT2D eigenvalue weighted by atomic mass is 9.99. The fourth-order valence-electron chi connectivity index (χ4n) is 3.97. The minimum absolute atomic E-state index is 0.600. The third-order valence-electron chi connectivity index (χ3n) is 5.77. The maximum atomic E-state index is 4.89. The molecule has 1 saturated heterocycles. The molecule has 0 amide bonds. The Morgan fingerprint density at radius 2 is 1.70 bits per heavy atom. The first kappa shape index (κ1) is 18.6. The van der Waals surface area contributed by atoms with Gasteiger partial charge in [-0.05, 0) is 30.9 Å². The van der Waals surface area contributed by atoms with E-state index in [0.717, 1.165) is 52.7 Å². The van der Waals surface area contributed by atoms with Gasteiger partial charge in [0.1, 0.15) is 5.82 Å². The number of piperidine rings is 1. The zero-order valence-corrected chi connectivity index (χ0v) is 17.1. The van der Waals surface area contributed by atoms with Gasteiger partial charge in [-0.25, -0.2) is 4.98 Å². The highest BCUT2D eigenvalue weighted by molar-refractivity contribution is 5.91. The lowest BCUT2D eigenvalue weighted by Gasteiger charge is -2.31. The molecule has 1 fully saturated rings. The average molecular weight is 396 g/mol. The molecule has 4 aromatic rings. The van der Waals surface area contributed by atoms with Crippen LogP contribution in [0.5, 0.6) is 0 Å². The first-order valence-electron chi connectivity index (χ1n) is 10.6. The molecule has 2 aromatic heterocycles. The third kappa shape index (κ3) is 3.83. The largest absolute Gasteiger partial charge is 0.356 e. The van der Waals surface area contributed by atoms with Crippen molar-refractivity contribution in [1.82, 2.24) is 15.0 Å². The number of pyridine rings is 1. The predicted molar refractivity (Wildman–Crippen MR) is 123 cm³/mol. The first-order chi connectivity index (χ1) is 14.8. The molecule has 150 valence electrons. The van der Waals surface area contributed by atoms with Crippen molar-refractivity contribution in [2.75, 3.05) is 23.3 Å². The summed E-state index contributed by atoms with van der Waals surface area (Å²) in [7, 11) is 0. The van der Waals surface area contributed by atoms with Gasteiger partial charge in [-0.15, -0.1) is 0 Å². The van der Waals surface area contributed by atoms with E-state index < -0.39 is 0 Å². The average Bonchev–Trinajstić information content (AvgIpc) is 2.80. The molecule has 5 heteroatoms. The van der Waals surface area contributed by atoms with E-state index in [9.17, 15) is 0 Å². The van der Waals surface area contributed by atoms with Crippen molar-refractivity contribution in [3.8, 4) is 11.3 Å². The molecule has 0 bridgehead atoms. The van der Waals surface area contributed by atoms with Gasteiger partial charge in [0, 0.05) is 36.3 Å². The second kappa shape index (κ2) is 8.11. The second-order valence-corrected chi connectivity index (χ2v) is 7.98. The monoisotopic (exact) mass is 395 g/mol. The van der Waals surface area contributed by atoms with Crippen molar-refractivity contribution in [3.05, 3.63) is 72.9 Å². The highest BCUT2D eigenvalue weighted by Crippen LogP contribution is 2.29. The van der Waals surface area contributed by atoms with Crippen LogP contribution in [0.1, 0.15) is 19.8 Å². The minimum Gasteiger partial charge on any atom is -0.356 e. The van der Waals surface area contributed by atoms with Gasteiger partial charge in [-0.2, -0.15) is 4.98 Å². The van der Waals surface area contributed by atoms with Crippen molar-refractivity contribution in [2.45, 2.75) is 19.8 Å². The molecule has 1 aliphatic rings. The van der Waals surface area contributed by atoms with Gasteiger partial charge < -0.3 is 10.2 Å². The Hall–Kier alpha value is -3.47. The lowest BCUT2D eigenvalue weighted by Crippen LogP contribution is -2.33. The number of para-hydroxylation sites is 1. The Balaban J connectivity index is 1.56. The number of hydrogen-bond donors (Lipinski definition) is 1. The predicted octanol–water partition coefficient (Wildman–Crippen LogP) is 5.67. The zero-order chi connectivity index (χ0) is 20.3. The molecule has 1 aliphatic heterocycles. The quantitative estimate of drug-likeness (QED) is 0.482. The van der Waals surface area contributed by atoms with Crippen LogP contribution in [0.4, 0.5) is 17.5 Å². The van der Waals surface area contributed by atoms with Crippen LogP contribution in [0, 0.1) is 5.92 Å². The number of aromatic nitrogens is 3. The Morgan fingerprint density at radius 3 is 2.53 bits per heavy atom. The number of fused-ring (bicyclic) bond motifs is 1. The Morgan fingerprint density at radius 1 is 0.900 bits per heavy atom. The molecule has 2 aromatic carbocycles. The lowest BCUT2D eigenvalue weighted by molar-refractivity contribution is 0.436.